The number of aliphatic carboxylic acids is 1. The Labute approximate surface area is 101 Å². The quantitative estimate of drug-likeness (QED) is 0.576. The third-order valence-electron chi connectivity index (χ3n) is 2.92. The summed E-state index contributed by atoms with van der Waals surface area (Å²) in [5.41, 5.74) is -1.04. The molecular weight excluding hydrogens is 224 g/mol. The first-order chi connectivity index (χ1) is 8.10. The Balaban J connectivity index is 2.18. The Morgan fingerprint density at radius 2 is 2.12 bits per heavy atom. The van der Waals surface area contributed by atoms with Gasteiger partial charge in [0.05, 0.1) is 0 Å². The zero-order valence-corrected chi connectivity index (χ0v) is 10.1. The van der Waals surface area contributed by atoms with Crippen LogP contribution < -0.4 is 10.6 Å². The largest absolute Gasteiger partial charge is 0.480 e. The second kappa shape index (κ2) is 6.44. The monoisotopic (exact) mass is 244 g/mol. The van der Waals surface area contributed by atoms with Crippen molar-refractivity contribution in [2.45, 2.75) is 38.1 Å². The van der Waals surface area contributed by atoms with Gasteiger partial charge < -0.3 is 20.5 Å². The summed E-state index contributed by atoms with van der Waals surface area (Å²) in [5, 5.41) is 14.2. The van der Waals surface area contributed by atoms with Crippen LogP contribution in [-0.2, 0) is 9.53 Å². The van der Waals surface area contributed by atoms with Gasteiger partial charge in [-0.05, 0) is 32.6 Å². The smallest absolute Gasteiger partial charge is 0.329 e. The molecule has 17 heavy (non-hydrogen) atoms. The fourth-order valence-electron chi connectivity index (χ4n) is 1.70. The molecule has 0 atom stereocenters. The Bertz CT molecular complexity index is 277. The summed E-state index contributed by atoms with van der Waals surface area (Å²) in [7, 11) is 0. The zero-order chi connectivity index (χ0) is 12.7. The number of hydrogen-bond acceptors (Lipinski definition) is 3. The lowest BCUT2D eigenvalue weighted by atomic mass is 9.77. The van der Waals surface area contributed by atoms with Crippen LogP contribution in [0.2, 0.25) is 0 Å². The van der Waals surface area contributed by atoms with Crippen molar-refractivity contribution in [2.24, 2.45) is 0 Å². The lowest BCUT2D eigenvalue weighted by Gasteiger charge is -2.38. The molecule has 0 radical (unpaired) electrons. The summed E-state index contributed by atoms with van der Waals surface area (Å²) in [6, 6.07) is -0.413. The molecule has 1 saturated carbocycles. The van der Waals surface area contributed by atoms with E-state index in [-0.39, 0.29) is 0 Å². The summed E-state index contributed by atoms with van der Waals surface area (Å²) in [4.78, 5) is 22.5. The first-order valence-electron chi connectivity index (χ1n) is 5.98. The van der Waals surface area contributed by atoms with E-state index in [1.165, 1.54) is 0 Å². The van der Waals surface area contributed by atoms with Crippen molar-refractivity contribution in [3.8, 4) is 0 Å². The molecule has 0 aromatic heterocycles. The van der Waals surface area contributed by atoms with Crippen LogP contribution in [0.15, 0.2) is 0 Å². The van der Waals surface area contributed by atoms with Gasteiger partial charge in [-0.15, -0.1) is 0 Å². The molecule has 98 valence electrons. The van der Waals surface area contributed by atoms with Gasteiger partial charge in [0.25, 0.3) is 0 Å². The van der Waals surface area contributed by atoms with Crippen LogP contribution in [0.1, 0.15) is 32.6 Å². The molecule has 0 unspecified atom stereocenters. The molecule has 1 aliphatic carbocycles. The molecule has 0 heterocycles. The highest BCUT2D eigenvalue weighted by molar-refractivity contribution is 5.87. The predicted molar refractivity (Wildman–Crippen MR) is 61.9 cm³/mol. The minimum absolute atomic E-state index is 0.413. The Kier molecular flexibility index (Phi) is 5.21. The molecular formula is C11H20N2O4. The molecule has 0 aromatic rings. The molecule has 3 N–H and O–H groups in total. The van der Waals surface area contributed by atoms with Crippen LogP contribution in [0, 0.1) is 0 Å². The molecule has 0 bridgehead atoms. The van der Waals surface area contributed by atoms with Gasteiger partial charge in [0.2, 0.25) is 0 Å². The normalized spacial score (nSPS) is 17.0. The fourth-order valence-corrected chi connectivity index (χ4v) is 1.70. The number of ether oxygens (including phenoxy) is 1. The van der Waals surface area contributed by atoms with Crippen molar-refractivity contribution in [3.63, 3.8) is 0 Å². The van der Waals surface area contributed by atoms with Gasteiger partial charge in [0.15, 0.2) is 0 Å². The first-order valence-corrected chi connectivity index (χ1v) is 5.98. The molecule has 6 heteroatoms. The van der Waals surface area contributed by atoms with Crippen molar-refractivity contribution < 1.29 is 19.4 Å². The van der Waals surface area contributed by atoms with E-state index in [1.807, 2.05) is 6.92 Å². The van der Waals surface area contributed by atoms with Gasteiger partial charge in [-0.25, -0.2) is 9.59 Å². The minimum Gasteiger partial charge on any atom is -0.480 e. The number of urea groups is 1. The Morgan fingerprint density at radius 1 is 1.41 bits per heavy atom. The summed E-state index contributed by atoms with van der Waals surface area (Å²) in [6.07, 6.45) is 2.58. The zero-order valence-electron chi connectivity index (χ0n) is 10.1. The van der Waals surface area contributed by atoms with E-state index in [0.29, 0.717) is 32.6 Å². The summed E-state index contributed by atoms with van der Waals surface area (Å²) < 4.78 is 5.12. The van der Waals surface area contributed by atoms with Crippen LogP contribution in [0.4, 0.5) is 4.79 Å². The third kappa shape index (κ3) is 3.89. The maximum atomic E-state index is 11.5. The van der Waals surface area contributed by atoms with E-state index in [9.17, 15) is 9.59 Å². The average molecular weight is 244 g/mol. The Morgan fingerprint density at radius 3 is 2.59 bits per heavy atom. The average Bonchev–Trinajstić information content (AvgIpc) is 2.22. The number of rotatable bonds is 7. The molecule has 0 aliphatic heterocycles. The van der Waals surface area contributed by atoms with Gasteiger partial charge in [-0.3, -0.25) is 0 Å². The van der Waals surface area contributed by atoms with Crippen molar-refractivity contribution in [2.75, 3.05) is 19.8 Å². The number of nitrogens with one attached hydrogen (secondary N) is 2. The van der Waals surface area contributed by atoms with Crippen molar-refractivity contribution in [1.29, 1.82) is 0 Å². The number of carbonyl (C=O) groups excluding carboxylic acids is 1. The lowest BCUT2D eigenvalue weighted by Crippen LogP contribution is -2.61. The van der Waals surface area contributed by atoms with Gasteiger partial charge in [0, 0.05) is 19.8 Å². The topological polar surface area (TPSA) is 87.7 Å². The lowest BCUT2D eigenvalue weighted by molar-refractivity contribution is -0.148. The van der Waals surface area contributed by atoms with Gasteiger partial charge in [0.1, 0.15) is 5.54 Å². The van der Waals surface area contributed by atoms with E-state index < -0.39 is 17.5 Å². The van der Waals surface area contributed by atoms with Crippen molar-refractivity contribution in [3.05, 3.63) is 0 Å². The molecule has 2 amide bonds. The van der Waals surface area contributed by atoms with Crippen molar-refractivity contribution >= 4 is 12.0 Å². The van der Waals surface area contributed by atoms with Gasteiger partial charge in [-0.1, -0.05) is 0 Å². The van der Waals surface area contributed by atoms with Crippen molar-refractivity contribution in [1.82, 2.24) is 10.6 Å². The van der Waals surface area contributed by atoms with E-state index >= 15 is 0 Å². The predicted octanol–water partition coefficient (Wildman–Crippen LogP) is 0.719. The SMILES string of the molecule is CCOCCCNC(=O)NC1(C(=O)O)CCC1. The number of carboxylic acid groups (broad SMARTS) is 1. The highest BCUT2D eigenvalue weighted by Crippen LogP contribution is 2.31. The van der Waals surface area contributed by atoms with Crippen LogP contribution in [0.3, 0.4) is 0 Å². The van der Waals surface area contributed by atoms with Crippen LogP contribution in [-0.4, -0.2) is 42.4 Å². The number of hydrogen-bond donors (Lipinski definition) is 3. The van der Waals surface area contributed by atoms with E-state index in [2.05, 4.69) is 10.6 Å². The molecule has 0 saturated heterocycles. The summed E-state index contributed by atoms with van der Waals surface area (Å²) in [5.74, 6) is -0.951. The molecule has 0 aromatic carbocycles. The summed E-state index contributed by atoms with van der Waals surface area (Å²) >= 11 is 0. The summed E-state index contributed by atoms with van der Waals surface area (Å²) in [6.45, 7) is 3.66. The van der Waals surface area contributed by atoms with Crippen LogP contribution in [0.25, 0.3) is 0 Å². The van der Waals surface area contributed by atoms with Gasteiger partial charge in [-0.2, -0.15) is 0 Å². The van der Waals surface area contributed by atoms with Crippen LogP contribution in [0.5, 0.6) is 0 Å². The van der Waals surface area contributed by atoms with E-state index in [0.717, 1.165) is 12.8 Å². The molecule has 1 rings (SSSR count). The first kappa shape index (κ1) is 13.8. The second-order valence-corrected chi connectivity index (χ2v) is 4.17. The second-order valence-electron chi connectivity index (χ2n) is 4.17. The number of carboxylic acids is 1. The fraction of sp³-hybridized carbons (Fsp3) is 0.818. The van der Waals surface area contributed by atoms with E-state index in [4.69, 9.17) is 9.84 Å². The van der Waals surface area contributed by atoms with Gasteiger partial charge >= 0.3 is 12.0 Å². The number of amides is 2. The third-order valence-corrected chi connectivity index (χ3v) is 2.92. The Hall–Kier alpha value is -1.30. The standard InChI is InChI=1S/C11H20N2O4/c1-2-17-8-4-7-12-10(16)13-11(9(14)15)5-3-6-11/h2-8H2,1H3,(H,14,15)(H2,12,13,16). The van der Waals surface area contributed by atoms with Crippen LogP contribution >= 0.6 is 0 Å². The minimum atomic E-state index is -1.04. The molecule has 6 nitrogen and oxygen atoms in total. The highest BCUT2D eigenvalue weighted by atomic mass is 16.5. The molecule has 1 aliphatic rings. The molecule has 1 fully saturated rings. The molecule has 0 spiro atoms. The maximum Gasteiger partial charge on any atom is 0.329 e. The highest BCUT2D eigenvalue weighted by Gasteiger charge is 2.45. The van der Waals surface area contributed by atoms with E-state index in [1.54, 1.807) is 0 Å². The number of carbonyl (C=O) groups is 2. The maximum absolute atomic E-state index is 11.5.